The second-order valence-electron chi connectivity index (χ2n) is 5.97. The number of benzene rings is 1. The number of amides is 1. The summed E-state index contributed by atoms with van der Waals surface area (Å²) in [5.74, 6) is -0.117. The van der Waals surface area contributed by atoms with E-state index in [-0.39, 0.29) is 30.6 Å². The van der Waals surface area contributed by atoms with Crippen molar-refractivity contribution in [1.82, 2.24) is 9.88 Å². The molecule has 23 heavy (non-hydrogen) atoms. The number of hydrogen-bond donors (Lipinski definition) is 2. The van der Waals surface area contributed by atoms with Gasteiger partial charge in [-0.2, -0.15) is 0 Å². The first kappa shape index (κ1) is 17.0. The third kappa shape index (κ3) is 3.87. The maximum Gasteiger partial charge on any atom is 0.270 e. The van der Waals surface area contributed by atoms with Crippen molar-refractivity contribution in [2.45, 2.75) is 39.3 Å². The predicted molar refractivity (Wildman–Crippen MR) is 87.2 cm³/mol. The lowest BCUT2D eigenvalue weighted by Gasteiger charge is -2.28. The smallest absolute Gasteiger partial charge is 0.270 e. The molecule has 0 aliphatic rings. The van der Waals surface area contributed by atoms with E-state index in [0.717, 1.165) is 5.52 Å². The number of nitro benzene ring substituents is 1. The van der Waals surface area contributed by atoms with Crippen molar-refractivity contribution in [3.8, 4) is 0 Å². The number of carbonyl (C=O) groups is 1. The summed E-state index contributed by atoms with van der Waals surface area (Å²) in [6.07, 6.45) is 1.23. The van der Waals surface area contributed by atoms with Gasteiger partial charge in [-0.1, -0.05) is 0 Å². The Bertz CT molecular complexity index is 721. The number of aliphatic hydroxyl groups excluding tert-OH is 1. The highest BCUT2D eigenvalue weighted by Gasteiger charge is 2.20. The first-order chi connectivity index (χ1) is 10.8. The number of nitrogens with zero attached hydrogens (tertiary/aromatic N) is 2. The number of carbonyl (C=O) groups excluding carboxylic acids is 1. The molecule has 0 radical (unpaired) electrons. The molecule has 7 heteroatoms. The second-order valence-corrected chi connectivity index (χ2v) is 5.97. The Labute approximate surface area is 134 Å². The number of nitrogens with one attached hydrogen (secondary N) is 1. The Balaban J connectivity index is 2.28. The lowest BCUT2D eigenvalue weighted by Crippen LogP contribution is -2.42. The SMILES string of the molecule is CC(O)CN(C(=O)Cc1c[nH]c2ccc([N+](=O)[O-])cc12)C(C)C. The number of aliphatic hydroxyl groups is 1. The van der Waals surface area contributed by atoms with E-state index >= 15 is 0 Å². The van der Waals surface area contributed by atoms with Gasteiger partial charge in [-0.3, -0.25) is 14.9 Å². The molecule has 1 aromatic heterocycles. The van der Waals surface area contributed by atoms with Crippen LogP contribution in [0.3, 0.4) is 0 Å². The number of nitro groups is 1. The largest absolute Gasteiger partial charge is 0.392 e. The summed E-state index contributed by atoms with van der Waals surface area (Å²) in [6, 6.07) is 4.51. The van der Waals surface area contributed by atoms with Crippen molar-refractivity contribution in [2.24, 2.45) is 0 Å². The van der Waals surface area contributed by atoms with Crippen LogP contribution in [0.25, 0.3) is 10.9 Å². The average Bonchev–Trinajstić information content (AvgIpc) is 2.86. The fourth-order valence-electron chi connectivity index (χ4n) is 2.58. The highest BCUT2D eigenvalue weighted by atomic mass is 16.6. The van der Waals surface area contributed by atoms with Gasteiger partial charge in [0.2, 0.25) is 5.91 Å². The van der Waals surface area contributed by atoms with Crippen LogP contribution in [0.4, 0.5) is 5.69 Å². The van der Waals surface area contributed by atoms with Crippen LogP contribution in [0.2, 0.25) is 0 Å². The molecule has 124 valence electrons. The Morgan fingerprint density at radius 1 is 1.39 bits per heavy atom. The van der Waals surface area contributed by atoms with Gasteiger partial charge in [0, 0.05) is 41.8 Å². The summed E-state index contributed by atoms with van der Waals surface area (Å²) < 4.78 is 0. The second kappa shape index (κ2) is 6.78. The highest BCUT2D eigenvalue weighted by molar-refractivity contribution is 5.90. The van der Waals surface area contributed by atoms with Gasteiger partial charge >= 0.3 is 0 Å². The van der Waals surface area contributed by atoms with E-state index in [1.165, 1.54) is 12.1 Å². The minimum atomic E-state index is -0.606. The molecule has 0 spiro atoms. The van der Waals surface area contributed by atoms with E-state index in [1.807, 2.05) is 13.8 Å². The molecule has 2 rings (SSSR count). The molecule has 2 N–H and O–H groups in total. The van der Waals surface area contributed by atoms with Gasteiger partial charge in [-0.25, -0.2) is 0 Å². The lowest BCUT2D eigenvalue weighted by molar-refractivity contribution is -0.384. The van der Waals surface area contributed by atoms with Gasteiger partial charge in [0.15, 0.2) is 0 Å². The van der Waals surface area contributed by atoms with Gasteiger partial charge < -0.3 is 15.0 Å². The molecular weight excluding hydrogens is 298 g/mol. The van der Waals surface area contributed by atoms with Gasteiger partial charge in [-0.15, -0.1) is 0 Å². The van der Waals surface area contributed by atoms with Gasteiger partial charge in [-0.05, 0) is 32.4 Å². The zero-order chi connectivity index (χ0) is 17.1. The van der Waals surface area contributed by atoms with E-state index in [9.17, 15) is 20.0 Å². The van der Waals surface area contributed by atoms with Crippen molar-refractivity contribution in [2.75, 3.05) is 6.54 Å². The molecule has 0 aliphatic carbocycles. The monoisotopic (exact) mass is 319 g/mol. The fourth-order valence-corrected chi connectivity index (χ4v) is 2.58. The number of fused-ring (bicyclic) bond motifs is 1. The van der Waals surface area contributed by atoms with Crippen LogP contribution in [0.5, 0.6) is 0 Å². The van der Waals surface area contributed by atoms with E-state index in [2.05, 4.69) is 4.98 Å². The third-order valence-electron chi connectivity index (χ3n) is 3.71. The van der Waals surface area contributed by atoms with Crippen molar-refractivity contribution in [3.05, 3.63) is 40.1 Å². The summed E-state index contributed by atoms with van der Waals surface area (Å²) in [5, 5.41) is 21.1. The lowest BCUT2D eigenvalue weighted by atomic mass is 10.1. The molecule has 1 unspecified atom stereocenters. The number of rotatable bonds is 6. The number of H-pyrrole nitrogens is 1. The minimum Gasteiger partial charge on any atom is -0.392 e. The number of hydrogen-bond acceptors (Lipinski definition) is 4. The Hall–Kier alpha value is -2.41. The number of aromatic nitrogens is 1. The maximum absolute atomic E-state index is 12.5. The van der Waals surface area contributed by atoms with Crippen LogP contribution in [0.15, 0.2) is 24.4 Å². The predicted octanol–water partition coefficient (Wildman–Crippen LogP) is 2.24. The highest BCUT2D eigenvalue weighted by Crippen LogP contribution is 2.24. The quantitative estimate of drug-likeness (QED) is 0.630. The Morgan fingerprint density at radius 3 is 2.65 bits per heavy atom. The molecule has 1 aromatic carbocycles. The normalized spacial score (nSPS) is 12.6. The molecule has 0 saturated carbocycles. The molecule has 0 fully saturated rings. The number of non-ortho nitro benzene ring substituents is 1. The Kier molecular flexibility index (Phi) is 5.00. The van der Waals surface area contributed by atoms with E-state index in [0.29, 0.717) is 10.9 Å². The first-order valence-corrected chi connectivity index (χ1v) is 7.51. The van der Waals surface area contributed by atoms with Crippen LogP contribution in [-0.4, -0.2) is 44.5 Å². The van der Waals surface area contributed by atoms with Crippen LogP contribution in [0, 0.1) is 10.1 Å². The van der Waals surface area contributed by atoms with E-state index in [4.69, 9.17) is 0 Å². The topological polar surface area (TPSA) is 99.5 Å². The minimum absolute atomic E-state index is 0.00417. The van der Waals surface area contributed by atoms with E-state index < -0.39 is 11.0 Å². The van der Waals surface area contributed by atoms with Crippen LogP contribution < -0.4 is 0 Å². The third-order valence-corrected chi connectivity index (χ3v) is 3.71. The Morgan fingerprint density at radius 2 is 2.09 bits per heavy atom. The van der Waals surface area contributed by atoms with Crippen LogP contribution >= 0.6 is 0 Å². The van der Waals surface area contributed by atoms with Gasteiger partial charge in [0.25, 0.3) is 5.69 Å². The molecule has 7 nitrogen and oxygen atoms in total. The standard InChI is InChI=1S/C16H21N3O4/c1-10(2)18(9-11(3)20)16(21)6-12-8-17-15-5-4-13(19(22)23)7-14(12)15/h4-5,7-8,10-11,17,20H,6,9H2,1-3H3. The van der Waals surface area contributed by atoms with Gasteiger partial charge in [0.05, 0.1) is 17.4 Å². The zero-order valence-electron chi connectivity index (χ0n) is 13.4. The number of aromatic amines is 1. The molecule has 0 aliphatic heterocycles. The maximum atomic E-state index is 12.5. The van der Waals surface area contributed by atoms with Gasteiger partial charge in [0.1, 0.15) is 0 Å². The van der Waals surface area contributed by atoms with Crippen molar-refractivity contribution in [3.63, 3.8) is 0 Å². The first-order valence-electron chi connectivity index (χ1n) is 7.51. The van der Waals surface area contributed by atoms with E-state index in [1.54, 1.807) is 24.1 Å². The summed E-state index contributed by atoms with van der Waals surface area (Å²) in [5.41, 5.74) is 1.46. The zero-order valence-corrected chi connectivity index (χ0v) is 13.4. The molecule has 2 aromatic rings. The van der Waals surface area contributed by atoms with Crippen LogP contribution in [0.1, 0.15) is 26.3 Å². The average molecular weight is 319 g/mol. The molecular formula is C16H21N3O4. The molecule has 1 amide bonds. The summed E-state index contributed by atoms with van der Waals surface area (Å²) in [7, 11) is 0. The molecule has 1 atom stereocenters. The van der Waals surface area contributed by atoms with Crippen molar-refractivity contribution in [1.29, 1.82) is 0 Å². The molecule has 1 heterocycles. The van der Waals surface area contributed by atoms with Crippen LogP contribution in [-0.2, 0) is 11.2 Å². The summed E-state index contributed by atoms with van der Waals surface area (Å²) in [6.45, 7) is 5.68. The molecule has 0 bridgehead atoms. The summed E-state index contributed by atoms with van der Waals surface area (Å²) >= 11 is 0. The summed E-state index contributed by atoms with van der Waals surface area (Å²) in [4.78, 5) is 27.6. The van der Waals surface area contributed by atoms with Crippen molar-refractivity contribution < 1.29 is 14.8 Å². The van der Waals surface area contributed by atoms with Crippen molar-refractivity contribution >= 4 is 22.5 Å². The molecule has 0 saturated heterocycles. The fraction of sp³-hybridized carbons (Fsp3) is 0.438.